The molecule has 2 heteroatoms. The van der Waals surface area contributed by atoms with Crippen molar-refractivity contribution in [1.82, 2.24) is 0 Å². The predicted octanol–water partition coefficient (Wildman–Crippen LogP) is 5.99. The summed E-state index contributed by atoms with van der Waals surface area (Å²) in [5.74, 6) is 2.67. The third-order valence-electron chi connectivity index (χ3n) is 4.83. The van der Waals surface area contributed by atoms with Gasteiger partial charge < -0.3 is 10.2 Å². The first kappa shape index (κ1) is 23.5. The first-order valence-electron chi connectivity index (χ1n) is 10.5. The highest BCUT2D eigenvalue weighted by atomic mass is 16.3. The number of rotatable bonds is 18. The van der Waals surface area contributed by atoms with E-state index >= 15 is 0 Å². The number of hydrogen-bond donors (Lipinski definition) is 2. The molecule has 0 fully saturated rings. The fraction of sp³-hybridized carbons (Fsp3) is 0.909. The maximum atomic E-state index is 10.0. The maximum absolute atomic E-state index is 10.0. The van der Waals surface area contributed by atoms with Crippen LogP contribution in [0.15, 0.2) is 0 Å². The van der Waals surface area contributed by atoms with Crippen molar-refractivity contribution in [3.63, 3.8) is 0 Å². The van der Waals surface area contributed by atoms with E-state index in [0.29, 0.717) is 0 Å². The van der Waals surface area contributed by atoms with Crippen LogP contribution in [0.3, 0.4) is 0 Å². The molecule has 2 unspecified atom stereocenters. The zero-order valence-corrected chi connectivity index (χ0v) is 16.1. The first-order chi connectivity index (χ1) is 11.7. The zero-order chi connectivity index (χ0) is 17.9. The van der Waals surface area contributed by atoms with E-state index in [1.165, 1.54) is 57.8 Å². The molecule has 0 bridgehead atoms. The molecule has 0 aliphatic carbocycles. The fourth-order valence-electron chi connectivity index (χ4n) is 3.15. The van der Waals surface area contributed by atoms with Crippen molar-refractivity contribution in [2.75, 3.05) is 0 Å². The molecule has 0 saturated heterocycles. The van der Waals surface area contributed by atoms with Crippen LogP contribution in [0, 0.1) is 12.3 Å². The lowest BCUT2D eigenvalue weighted by molar-refractivity contribution is 0.101. The molecule has 0 aliphatic rings. The molecule has 142 valence electrons. The molecule has 0 radical (unpaired) electrons. The summed E-state index contributed by atoms with van der Waals surface area (Å²) in [7, 11) is 0. The molecule has 24 heavy (non-hydrogen) atoms. The van der Waals surface area contributed by atoms with E-state index < -0.39 is 0 Å². The molecular weight excluding hydrogens is 296 g/mol. The van der Waals surface area contributed by atoms with Gasteiger partial charge in [0.25, 0.3) is 0 Å². The average Bonchev–Trinajstić information content (AvgIpc) is 2.58. The third kappa shape index (κ3) is 17.8. The van der Waals surface area contributed by atoms with Crippen LogP contribution < -0.4 is 0 Å². The van der Waals surface area contributed by atoms with Gasteiger partial charge in [0, 0.05) is 6.42 Å². The van der Waals surface area contributed by atoms with E-state index in [-0.39, 0.29) is 12.2 Å². The van der Waals surface area contributed by atoms with E-state index in [1.54, 1.807) is 0 Å². The van der Waals surface area contributed by atoms with Gasteiger partial charge in [0.05, 0.1) is 12.2 Å². The Hall–Kier alpha value is -0.520. The second-order valence-electron chi connectivity index (χ2n) is 7.31. The summed E-state index contributed by atoms with van der Waals surface area (Å²) in [6.45, 7) is 2.24. The predicted molar refractivity (Wildman–Crippen MR) is 105 cm³/mol. The Kier molecular flexibility index (Phi) is 18.4. The Morgan fingerprint density at radius 3 is 1.50 bits per heavy atom. The summed E-state index contributed by atoms with van der Waals surface area (Å²) in [6.07, 6.45) is 23.8. The van der Waals surface area contributed by atoms with Gasteiger partial charge in [0.1, 0.15) is 0 Å². The standard InChI is InChI=1S/C22H42O2/c1-3-5-7-9-11-13-15-17-21(23)19-20-22(24)18-16-14-12-10-8-6-4-2/h1,21-24H,4-20H2,2H3. The normalized spacial score (nSPS) is 13.6. The smallest absolute Gasteiger partial charge is 0.0541 e. The molecule has 0 rings (SSSR count). The molecule has 0 aromatic rings. The van der Waals surface area contributed by atoms with Gasteiger partial charge in [-0.25, -0.2) is 0 Å². The SMILES string of the molecule is C#CCCCCCCCC(O)CCC(O)CCCCCCCCC. The first-order valence-corrected chi connectivity index (χ1v) is 10.5. The van der Waals surface area contributed by atoms with Crippen LogP contribution in [0.4, 0.5) is 0 Å². The molecule has 2 atom stereocenters. The Morgan fingerprint density at radius 1 is 0.625 bits per heavy atom. The summed E-state index contributed by atoms with van der Waals surface area (Å²) in [6, 6.07) is 0. The highest BCUT2D eigenvalue weighted by Gasteiger charge is 2.09. The lowest BCUT2D eigenvalue weighted by atomic mass is 10.00. The van der Waals surface area contributed by atoms with Crippen molar-refractivity contribution in [3.05, 3.63) is 0 Å². The van der Waals surface area contributed by atoms with Gasteiger partial charge in [-0.3, -0.25) is 0 Å². The highest BCUT2D eigenvalue weighted by Crippen LogP contribution is 2.15. The summed E-state index contributed by atoms with van der Waals surface area (Å²) >= 11 is 0. The van der Waals surface area contributed by atoms with Gasteiger partial charge in [0.2, 0.25) is 0 Å². The number of aliphatic hydroxyl groups is 2. The molecule has 0 amide bonds. The Balaban J connectivity index is 3.32. The van der Waals surface area contributed by atoms with Crippen molar-refractivity contribution in [3.8, 4) is 12.3 Å². The summed E-state index contributed by atoms with van der Waals surface area (Å²) in [5.41, 5.74) is 0. The summed E-state index contributed by atoms with van der Waals surface area (Å²) in [5, 5.41) is 20.0. The molecular formula is C22H42O2. The van der Waals surface area contributed by atoms with E-state index in [1.807, 2.05) is 0 Å². The zero-order valence-electron chi connectivity index (χ0n) is 16.1. The lowest BCUT2D eigenvalue weighted by Gasteiger charge is -2.14. The van der Waals surface area contributed by atoms with Crippen molar-refractivity contribution in [1.29, 1.82) is 0 Å². The number of aliphatic hydroxyl groups excluding tert-OH is 2. The Bertz CT molecular complexity index is 282. The minimum atomic E-state index is -0.237. The van der Waals surface area contributed by atoms with Crippen LogP contribution in [0.5, 0.6) is 0 Å². The quantitative estimate of drug-likeness (QED) is 0.238. The van der Waals surface area contributed by atoms with Crippen LogP contribution in [-0.2, 0) is 0 Å². The summed E-state index contributed by atoms with van der Waals surface area (Å²) in [4.78, 5) is 0. The van der Waals surface area contributed by atoms with Gasteiger partial charge in [-0.05, 0) is 32.1 Å². The molecule has 2 N–H and O–H groups in total. The number of hydrogen-bond acceptors (Lipinski definition) is 2. The van der Waals surface area contributed by atoms with E-state index in [4.69, 9.17) is 6.42 Å². The molecule has 0 aromatic carbocycles. The largest absolute Gasteiger partial charge is 0.393 e. The van der Waals surface area contributed by atoms with Gasteiger partial charge in [-0.1, -0.05) is 77.6 Å². The average molecular weight is 339 g/mol. The maximum Gasteiger partial charge on any atom is 0.0541 e. The molecule has 0 aliphatic heterocycles. The molecule has 0 heterocycles. The number of unbranched alkanes of at least 4 members (excludes halogenated alkanes) is 11. The minimum absolute atomic E-state index is 0.223. The second-order valence-corrected chi connectivity index (χ2v) is 7.31. The van der Waals surface area contributed by atoms with Crippen LogP contribution in [0.2, 0.25) is 0 Å². The van der Waals surface area contributed by atoms with E-state index in [0.717, 1.165) is 51.4 Å². The monoisotopic (exact) mass is 338 g/mol. The van der Waals surface area contributed by atoms with Crippen LogP contribution >= 0.6 is 0 Å². The molecule has 0 saturated carbocycles. The number of terminal acetylenes is 1. The van der Waals surface area contributed by atoms with Crippen molar-refractivity contribution in [2.45, 2.75) is 128 Å². The van der Waals surface area contributed by atoms with Gasteiger partial charge in [-0.15, -0.1) is 12.3 Å². The van der Waals surface area contributed by atoms with Crippen molar-refractivity contribution >= 4 is 0 Å². The van der Waals surface area contributed by atoms with Crippen LogP contribution in [0.1, 0.15) is 116 Å². The molecule has 0 spiro atoms. The highest BCUT2D eigenvalue weighted by molar-refractivity contribution is 4.82. The van der Waals surface area contributed by atoms with Gasteiger partial charge >= 0.3 is 0 Å². The van der Waals surface area contributed by atoms with Crippen LogP contribution in [-0.4, -0.2) is 22.4 Å². The molecule has 2 nitrogen and oxygen atoms in total. The lowest BCUT2D eigenvalue weighted by Crippen LogP contribution is -2.13. The Labute approximate surface area is 151 Å². The summed E-state index contributed by atoms with van der Waals surface area (Å²) < 4.78 is 0. The van der Waals surface area contributed by atoms with E-state index in [9.17, 15) is 10.2 Å². The fourth-order valence-corrected chi connectivity index (χ4v) is 3.15. The molecule has 0 aromatic heterocycles. The minimum Gasteiger partial charge on any atom is -0.393 e. The van der Waals surface area contributed by atoms with Crippen molar-refractivity contribution < 1.29 is 10.2 Å². The third-order valence-corrected chi connectivity index (χ3v) is 4.83. The van der Waals surface area contributed by atoms with Gasteiger partial charge in [-0.2, -0.15) is 0 Å². The van der Waals surface area contributed by atoms with Crippen molar-refractivity contribution in [2.24, 2.45) is 0 Å². The van der Waals surface area contributed by atoms with Gasteiger partial charge in [0.15, 0.2) is 0 Å². The van der Waals surface area contributed by atoms with Crippen LogP contribution in [0.25, 0.3) is 0 Å². The Morgan fingerprint density at radius 2 is 1.04 bits per heavy atom. The topological polar surface area (TPSA) is 40.5 Å². The van der Waals surface area contributed by atoms with E-state index in [2.05, 4.69) is 12.8 Å². The second kappa shape index (κ2) is 18.8.